The van der Waals surface area contributed by atoms with Gasteiger partial charge in [-0.2, -0.15) is 13.2 Å². The smallest absolute Gasteiger partial charge is 0.417 e. The molecule has 1 aromatic rings. The summed E-state index contributed by atoms with van der Waals surface area (Å²) >= 11 is 11.3. The number of anilines is 1. The van der Waals surface area contributed by atoms with Crippen LogP contribution in [0.5, 0.6) is 0 Å². The van der Waals surface area contributed by atoms with Gasteiger partial charge in [0.05, 0.1) is 36.6 Å². The van der Waals surface area contributed by atoms with Crippen molar-refractivity contribution in [2.24, 2.45) is 0 Å². The Balaban J connectivity index is 3.35. The van der Waals surface area contributed by atoms with Crippen molar-refractivity contribution in [3.63, 3.8) is 0 Å². The van der Waals surface area contributed by atoms with Crippen LogP contribution in [0.3, 0.4) is 0 Å². The average Bonchev–Trinajstić information content (AvgIpc) is 2.47. The molecule has 0 unspecified atom stereocenters. The maximum Gasteiger partial charge on any atom is 0.417 e. The molecule has 1 aromatic carbocycles. The molecule has 0 radical (unpaired) electrons. The topological polar surface area (TPSA) is 64.6 Å². The van der Waals surface area contributed by atoms with Gasteiger partial charge in [0.1, 0.15) is 5.70 Å². The van der Waals surface area contributed by atoms with Gasteiger partial charge in [0.25, 0.3) is 0 Å². The van der Waals surface area contributed by atoms with Crippen LogP contribution in [0.4, 0.5) is 18.9 Å². The number of carbonyl (C=O) groups is 2. The van der Waals surface area contributed by atoms with Crippen LogP contribution in [0, 0.1) is 0 Å². The second-order valence-electron chi connectivity index (χ2n) is 4.01. The van der Waals surface area contributed by atoms with Gasteiger partial charge in [0, 0.05) is 5.02 Å². The quantitative estimate of drug-likeness (QED) is 0.646. The molecule has 1 N–H and O–H groups in total. The first-order chi connectivity index (χ1) is 10.6. The van der Waals surface area contributed by atoms with Crippen molar-refractivity contribution in [1.82, 2.24) is 0 Å². The lowest BCUT2D eigenvalue weighted by atomic mass is 10.2. The monoisotopic (exact) mass is 371 g/mol. The first kappa shape index (κ1) is 19.1. The van der Waals surface area contributed by atoms with E-state index < -0.39 is 34.4 Å². The van der Waals surface area contributed by atoms with Crippen LogP contribution in [0.1, 0.15) is 5.56 Å². The van der Waals surface area contributed by atoms with Gasteiger partial charge in [0.15, 0.2) is 0 Å². The summed E-state index contributed by atoms with van der Waals surface area (Å²) < 4.78 is 47.4. The normalized spacial score (nSPS) is 11.9. The number of ether oxygens (including phenoxy) is 2. The molecule has 0 spiro atoms. The number of halogens is 5. The van der Waals surface area contributed by atoms with E-state index in [1.165, 1.54) is 0 Å². The van der Waals surface area contributed by atoms with Crippen LogP contribution in [-0.2, 0) is 25.2 Å². The lowest BCUT2D eigenvalue weighted by molar-refractivity contribution is -0.138. The number of carbonyl (C=O) groups excluding carboxylic acids is 2. The van der Waals surface area contributed by atoms with E-state index in [4.69, 9.17) is 23.2 Å². The zero-order valence-corrected chi connectivity index (χ0v) is 13.3. The van der Waals surface area contributed by atoms with E-state index >= 15 is 0 Å². The molecular formula is C13H10Cl2F3NO4. The SMILES string of the molecule is COC(=O)/C=C(/Nc1cc(Cl)cc(C(F)(F)F)c1Cl)C(=O)OC. The second kappa shape index (κ2) is 7.56. The van der Waals surface area contributed by atoms with Crippen molar-refractivity contribution in [3.05, 3.63) is 39.5 Å². The average molecular weight is 372 g/mol. The Morgan fingerprint density at radius 1 is 1.17 bits per heavy atom. The minimum atomic E-state index is -4.75. The van der Waals surface area contributed by atoms with Gasteiger partial charge in [-0.15, -0.1) is 0 Å². The molecule has 0 heterocycles. The third-order valence-corrected chi connectivity index (χ3v) is 3.11. The molecule has 5 nitrogen and oxygen atoms in total. The predicted octanol–water partition coefficient (Wildman–Crippen LogP) is 3.65. The Hall–Kier alpha value is -1.93. The van der Waals surface area contributed by atoms with Crippen LogP contribution in [-0.4, -0.2) is 26.2 Å². The third-order valence-electron chi connectivity index (χ3n) is 2.48. The van der Waals surface area contributed by atoms with Crippen LogP contribution in [0.2, 0.25) is 10.0 Å². The Morgan fingerprint density at radius 2 is 1.78 bits per heavy atom. The molecule has 0 saturated heterocycles. The molecule has 0 aromatic heterocycles. The molecule has 1 rings (SSSR count). The molecule has 0 fully saturated rings. The molecule has 10 heteroatoms. The van der Waals surface area contributed by atoms with Gasteiger partial charge < -0.3 is 14.8 Å². The lowest BCUT2D eigenvalue weighted by Crippen LogP contribution is -2.16. The lowest BCUT2D eigenvalue weighted by Gasteiger charge is -2.15. The number of methoxy groups -OCH3 is 2. The van der Waals surface area contributed by atoms with Crippen LogP contribution >= 0.6 is 23.2 Å². The largest absolute Gasteiger partial charge is 0.466 e. The molecule has 23 heavy (non-hydrogen) atoms. The summed E-state index contributed by atoms with van der Waals surface area (Å²) in [6.45, 7) is 0. The van der Waals surface area contributed by atoms with Gasteiger partial charge in [0.2, 0.25) is 0 Å². The van der Waals surface area contributed by atoms with E-state index in [1.54, 1.807) is 0 Å². The molecule has 0 aliphatic carbocycles. The molecule has 126 valence electrons. The van der Waals surface area contributed by atoms with E-state index in [9.17, 15) is 22.8 Å². The summed E-state index contributed by atoms with van der Waals surface area (Å²) in [6, 6.07) is 1.70. The Labute approximate surface area is 138 Å². The number of nitrogens with one attached hydrogen (secondary N) is 1. The van der Waals surface area contributed by atoms with E-state index in [0.717, 1.165) is 20.3 Å². The highest BCUT2D eigenvalue weighted by atomic mass is 35.5. The Morgan fingerprint density at radius 3 is 2.26 bits per heavy atom. The van der Waals surface area contributed by atoms with Crippen molar-refractivity contribution >= 4 is 40.8 Å². The van der Waals surface area contributed by atoms with Crippen molar-refractivity contribution in [2.75, 3.05) is 19.5 Å². The summed E-state index contributed by atoms with van der Waals surface area (Å²) in [6.07, 6.45) is -4.05. The molecule has 0 atom stereocenters. The fourth-order valence-corrected chi connectivity index (χ4v) is 1.95. The molecule has 0 bridgehead atoms. The minimum Gasteiger partial charge on any atom is -0.466 e. The van der Waals surface area contributed by atoms with Crippen molar-refractivity contribution in [2.45, 2.75) is 6.18 Å². The molecule has 0 saturated carbocycles. The van der Waals surface area contributed by atoms with Gasteiger partial charge >= 0.3 is 18.1 Å². The van der Waals surface area contributed by atoms with E-state index in [0.29, 0.717) is 12.1 Å². The van der Waals surface area contributed by atoms with Gasteiger partial charge in [-0.25, -0.2) is 9.59 Å². The Bertz CT molecular complexity index is 659. The first-order valence-corrected chi connectivity index (χ1v) is 6.57. The first-order valence-electron chi connectivity index (χ1n) is 5.81. The maximum atomic E-state index is 12.9. The minimum absolute atomic E-state index is 0.272. The number of esters is 2. The standard InChI is InChI=1S/C13H10Cl2F3NO4/c1-22-10(20)5-9(12(21)23-2)19-8-4-6(14)3-7(11(8)15)13(16,17)18/h3-5,19H,1-2H3/b9-5+. The summed E-state index contributed by atoms with van der Waals surface area (Å²) in [5, 5.41) is 1.29. The fraction of sp³-hybridized carbons (Fsp3) is 0.231. The predicted molar refractivity (Wildman–Crippen MR) is 77.2 cm³/mol. The maximum absolute atomic E-state index is 12.9. The highest BCUT2D eigenvalue weighted by molar-refractivity contribution is 6.36. The zero-order valence-electron chi connectivity index (χ0n) is 11.8. The molecule has 0 aliphatic rings. The summed E-state index contributed by atoms with van der Waals surface area (Å²) in [4.78, 5) is 22.8. The van der Waals surface area contributed by atoms with Gasteiger partial charge in [-0.05, 0) is 12.1 Å². The number of hydrogen-bond acceptors (Lipinski definition) is 5. The van der Waals surface area contributed by atoms with Gasteiger partial charge in [-0.1, -0.05) is 23.2 Å². The van der Waals surface area contributed by atoms with Gasteiger partial charge in [-0.3, -0.25) is 0 Å². The molecular weight excluding hydrogens is 362 g/mol. The summed E-state index contributed by atoms with van der Waals surface area (Å²) in [7, 11) is 2.08. The van der Waals surface area contributed by atoms with E-state index in [1.807, 2.05) is 0 Å². The number of hydrogen-bond donors (Lipinski definition) is 1. The number of benzene rings is 1. The van der Waals surface area contributed by atoms with Crippen LogP contribution in [0.15, 0.2) is 23.9 Å². The number of alkyl halides is 3. The van der Waals surface area contributed by atoms with E-state index in [2.05, 4.69) is 14.8 Å². The van der Waals surface area contributed by atoms with Crippen LogP contribution < -0.4 is 5.32 Å². The summed E-state index contributed by atoms with van der Waals surface area (Å²) in [5.74, 6) is -1.94. The zero-order chi connectivity index (χ0) is 17.8. The highest BCUT2D eigenvalue weighted by Crippen LogP contribution is 2.40. The third kappa shape index (κ3) is 5.04. The van der Waals surface area contributed by atoms with Crippen LogP contribution in [0.25, 0.3) is 0 Å². The Kier molecular flexibility index (Phi) is 6.28. The molecule has 0 amide bonds. The van der Waals surface area contributed by atoms with E-state index in [-0.39, 0.29) is 10.7 Å². The molecule has 0 aliphatic heterocycles. The second-order valence-corrected chi connectivity index (χ2v) is 4.82. The van der Waals surface area contributed by atoms with Crippen molar-refractivity contribution in [3.8, 4) is 0 Å². The van der Waals surface area contributed by atoms with Crippen molar-refractivity contribution in [1.29, 1.82) is 0 Å². The summed E-state index contributed by atoms with van der Waals surface area (Å²) in [5.41, 5.74) is -2.00. The fourth-order valence-electron chi connectivity index (χ4n) is 1.46. The number of rotatable bonds is 4. The van der Waals surface area contributed by atoms with Crippen molar-refractivity contribution < 1.29 is 32.2 Å². The highest BCUT2D eigenvalue weighted by Gasteiger charge is 2.35.